The molecule has 3 N–H and O–H groups in total. The normalized spacial score (nSPS) is 12.8. The van der Waals surface area contributed by atoms with Crippen LogP contribution < -0.4 is 10.9 Å². The van der Waals surface area contributed by atoms with Crippen molar-refractivity contribution in [1.82, 2.24) is 9.97 Å². The molecule has 1 heterocycles. The molecule has 0 fully saturated rings. The van der Waals surface area contributed by atoms with Crippen molar-refractivity contribution in [2.24, 2.45) is 0 Å². The SMILES string of the molecule is CC(O)CNc1nc(CSC(C)C)cc(=O)[nH]1. The predicted molar refractivity (Wildman–Crippen MR) is 71.5 cm³/mol. The maximum absolute atomic E-state index is 11.4. The first kappa shape index (κ1) is 14.1. The minimum Gasteiger partial charge on any atom is -0.392 e. The van der Waals surface area contributed by atoms with Crippen LogP contribution in [0.25, 0.3) is 0 Å². The summed E-state index contributed by atoms with van der Waals surface area (Å²) in [6.07, 6.45) is -0.478. The lowest BCUT2D eigenvalue weighted by Crippen LogP contribution is -2.20. The number of H-pyrrole nitrogens is 1. The molecular formula is C11H19N3O2S. The third kappa shape index (κ3) is 5.74. The Hall–Kier alpha value is -1.01. The molecule has 0 saturated carbocycles. The van der Waals surface area contributed by atoms with Crippen LogP contribution in [0.5, 0.6) is 0 Å². The summed E-state index contributed by atoms with van der Waals surface area (Å²) in [7, 11) is 0. The number of thioether (sulfide) groups is 1. The Balaban J connectivity index is 2.69. The van der Waals surface area contributed by atoms with E-state index in [2.05, 4.69) is 29.1 Å². The second kappa shape index (κ2) is 6.66. The number of rotatable bonds is 6. The van der Waals surface area contributed by atoms with Crippen LogP contribution in [0.2, 0.25) is 0 Å². The van der Waals surface area contributed by atoms with Crippen LogP contribution in [0, 0.1) is 0 Å². The molecule has 1 aromatic heterocycles. The monoisotopic (exact) mass is 257 g/mol. The molecule has 0 aliphatic carbocycles. The van der Waals surface area contributed by atoms with Gasteiger partial charge in [0.25, 0.3) is 5.56 Å². The average molecular weight is 257 g/mol. The Bertz CT molecular complexity index is 371. The molecule has 0 aromatic carbocycles. The molecule has 1 atom stereocenters. The van der Waals surface area contributed by atoms with E-state index >= 15 is 0 Å². The van der Waals surface area contributed by atoms with Crippen LogP contribution in [-0.2, 0) is 5.75 Å². The molecule has 0 aliphatic rings. The zero-order chi connectivity index (χ0) is 12.8. The quantitative estimate of drug-likeness (QED) is 0.714. The number of anilines is 1. The standard InChI is InChI=1S/C11H19N3O2S/c1-7(2)17-6-9-4-10(16)14-11(13-9)12-5-8(3)15/h4,7-8,15H,5-6H2,1-3H3,(H2,12,13,14,16). The second-order valence-electron chi connectivity index (χ2n) is 4.18. The lowest BCUT2D eigenvalue weighted by Gasteiger charge is -2.09. The van der Waals surface area contributed by atoms with Gasteiger partial charge in [0.1, 0.15) is 0 Å². The fraction of sp³-hybridized carbons (Fsp3) is 0.636. The van der Waals surface area contributed by atoms with E-state index in [-0.39, 0.29) is 5.56 Å². The Morgan fingerprint density at radius 3 is 2.82 bits per heavy atom. The van der Waals surface area contributed by atoms with Gasteiger partial charge in [0.05, 0.1) is 11.8 Å². The summed E-state index contributed by atoms with van der Waals surface area (Å²) in [4.78, 5) is 18.3. The summed E-state index contributed by atoms with van der Waals surface area (Å²) < 4.78 is 0. The topological polar surface area (TPSA) is 78.0 Å². The Morgan fingerprint density at radius 2 is 2.24 bits per heavy atom. The van der Waals surface area contributed by atoms with Crippen molar-refractivity contribution in [1.29, 1.82) is 0 Å². The maximum Gasteiger partial charge on any atom is 0.252 e. The van der Waals surface area contributed by atoms with E-state index in [0.717, 1.165) is 5.69 Å². The second-order valence-corrected chi connectivity index (χ2v) is 5.74. The summed E-state index contributed by atoms with van der Waals surface area (Å²) >= 11 is 1.73. The molecule has 0 amide bonds. The highest BCUT2D eigenvalue weighted by atomic mass is 32.2. The fourth-order valence-electron chi connectivity index (χ4n) is 1.16. The van der Waals surface area contributed by atoms with Crippen LogP contribution >= 0.6 is 11.8 Å². The van der Waals surface area contributed by atoms with Gasteiger partial charge in [-0.15, -0.1) is 0 Å². The summed E-state index contributed by atoms with van der Waals surface area (Å²) in [6, 6.07) is 1.50. The number of nitrogens with one attached hydrogen (secondary N) is 2. The lowest BCUT2D eigenvalue weighted by molar-refractivity contribution is 0.208. The van der Waals surface area contributed by atoms with Gasteiger partial charge in [-0.1, -0.05) is 13.8 Å². The summed E-state index contributed by atoms with van der Waals surface area (Å²) in [5.41, 5.74) is 0.577. The summed E-state index contributed by atoms with van der Waals surface area (Å²) in [6.45, 7) is 6.24. The smallest absolute Gasteiger partial charge is 0.252 e. The minimum absolute atomic E-state index is 0.174. The van der Waals surface area contributed by atoms with Crippen LogP contribution in [0.1, 0.15) is 26.5 Å². The number of aliphatic hydroxyl groups excluding tert-OH is 1. The summed E-state index contributed by atoms with van der Waals surface area (Å²) in [5.74, 6) is 1.13. The van der Waals surface area contributed by atoms with Crippen molar-refractivity contribution in [2.45, 2.75) is 37.9 Å². The lowest BCUT2D eigenvalue weighted by atomic mass is 10.4. The van der Waals surface area contributed by atoms with Crippen molar-refractivity contribution in [3.8, 4) is 0 Å². The van der Waals surface area contributed by atoms with E-state index in [0.29, 0.717) is 23.5 Å². The maximum atomic E-state index is 11.4. The summed E-state index contributed by atoms with van der Waals surface area (Å²) in [5, 5.41) is 12.5. The number of aromatic amines is 1. The first-order valence-electron chi connectivity index (χ1n) is 5.61. The average Bonchev–Trinajstić information content (AvgIpc) is 2.23. The van der Waals surface area contributed by atoms with E-state index in [9.17, 15) is 4.79 Å². The van der Waals surface area contributed by atoms with Crippen LogP contribution in [-0.4, -0.2) is 33.0 Å². The van der Waals surface area contributed by atoms with Crippen molar-refractivity contribution in [3.63, 3.8) is 0 Å². The molecule has 0 bridgehead atoms. The number of aliphatic hydroxyl groups is 1. The van der Waals surface area contributed by atoms with Gasteiger partial charge in [0, 0.05) is 18.4 Å². The van der Waals surface area contributed by atoms with E-state index in [1.807, 2.05) is 0 Å². The Labute approximate surface area is 105 Å². The highest BCUT2D eigenvalue weighted by Crippen LogP contribution is 2.15. The van der Waals surface area contributed by atoms with Crippen LogP contribution in [0.3, 0.4) is 0 Å². The van der Waals surface area contributed by atoms with Gasteiger partial charge in [-0.05, 0) is 12.2 Å². The Kier molecular flexibility index (Phi) is 5.50. The first-order valence-corrected chi connectivity index (χ1v) is 6.66. The third-order valence-corrected chi connectivity index (χ3v) is 3.05. The first-order chi connectivity index (χ1) is 7.97. The van der Waals surface area contributed by atoms with Crippen molar-refractivity contribution >= 4 is 17.7 Å². The van der Waals surface area contributed by atoms with Gasteiger partial charge in [-0.3, -0.25) is 9.78 Å². The van der Waals surface area contributed by atoms with Crippen LogP contribution in [0.15, 0.2) is 10.9 Å². The minimum atomic E-state index is -0.478. The van der Waals surface area contributed by atoms with Gasteiger partial charge in [-0.25, -0.2) is 4.98 Å². The molecule has 17 heavy (non-hydrogen) atoms. The largest absolute Gasteiger partial charge is 0.392 e. The number of nitrogens with zero attached hydrogens (tertiary/aromatic N) is 1. The molecule has 1 rings (SSSR count). The molecule has 0 saturated heterocycles. The molecule has 96 valence electrons. The fourth-order valence-corrected chi connectivity index (χ4v) is 1.81. The van der Waals surface area contributed by atoms with E-state index in [1.165, 1.54) is 6.07 Å². The van der Waals surface area contributed by atoms with Gasteiger partial charge >= 0.3 is 0 Å². The zero-order valence-corrected chi connectivity index (χ0v) is 11.2. The van der Waals surface area contributed by atoms with Gasteiger partial charge in [-0.2, -0.15) is 11.8 Å². The number of aromatic nitrogens is 2. The molecule has 1 aromatic rings. The highest BCUT2D eigenvalue weighted by molar-refractivity contribution is 7.99. The third-order valence-electron chi connectivity index (χ3n) is 1.92. The molecule has 6 heteroatoms. The van der Waals surface area contributed by atoms with Crippen molar-refractivity contribution in [2.75, 3.05) is 11.9 Å². The van der Waals surface area contributed by atoms with E-state index in [4.69, 9.17) is 5.11 Å². The molecule has 0 aliphatic heterocycles. The van der Waals surface area contributed by atoms with Gasteiger partial charge < -0.3 is 10.4 Å². The number of hydrogen-bond donors (Lipinski definition) is 3. The van der Waals surface area contributed by atoms with E-state index < -0.39 is 6.10 Å². The van der Waals surface area contributed by atoms with E-state index in [1.54, 1.807) is 18.7 Å². The number of hydrogen-bond acceptors (Lipinski definition) is 5. The van der Waals surface area contributed by atoms with Crippen molar-refractivity contribution < 1.29 is 5.11 Å². The molecule has 0 radical (unpaired) electrons. The Morgan fingerprint density at radius 1 is 1.53 bits per heavy atom. The van der Waals surface area contributed by atoms with Crippen molar-refractivity contribution in [3.05, 3.63) is 22.1 Å². The zero-order valence-electron chi connectivity index (χ0n) is 10.4. The predicted octanol–water partition coefficient (Wildman–Crippen LogP) is 1.20. The molecule has 5 nitrogen and oxygen atoms in total. The molecule has 1 unspecified atom stereocenters. The van der Waals surface area contributed by atoms with Gasteiger partial charge in [0.15, 0.2) is 0 Å². The molecular weight excluding hydrogens is 238 g/mol. The molecule has 0 spiro atoms. The highest BCUT2D eigenvalue weighted by Gasteiger charge is 2.04. The van der Waals surface area contributed by atoms with Crippen LogP contribution in [0.4, 0.5) is 5.95 Å². The van der Waals surface area contributed by atoms with Gasteiger partial charge in [0.2, 0.25) is 5.95 Å².